The maximum Gasteiger partial charge on any atom is 0.405 e. The Morgan fingerprint density at radius 2 is 2.17 bits per heavy atom. The molecule has 2 aliphatic rings. The second kappa shape index (κ2) is 5.81. The average molecular weight is 392 g/mol. The van der Waals surface area contributed by atoms with Crippen LogP contribution in [0.2, 0.25) is 0 Å². The zero-order chi connectivity index (χ0) is 16.7. The smallest absolute Gasteiger partial charge is 0.405 e. The van der Waals surface area contributed by atoms with E-state index in [2.05, 4.69) is 26.2 Å². The van der Waals surface area contributed by atoms with Gasteiger partial charge in [0.05, 0.1) is 12.3 Å². The molecule has 0 saturated heterocycles. The molecule has 2 heterocycles. The number of hydrogen-bond acceptors (Lipinski definition) is 3. The first-order valence-electron chi connectivity index (χ1n) is 8.11. The van der Waals surface area contributed by atoms with Crippen LogP contribution in [0, 0.1) is 0 Å². The van der Waals surface area contributed by atoms with Gasteiger partial charge in [-0.3, -0.25) is 0 Å². The number of imidazole rings is 1. The fourth-order valence-corrected chi connectivity index (χ4v) is 4.06. The average Bonchev–Trinajstić information content (AvgIpc) is 3.12. The third kappa shape index (κ3) is 2.56. The number of halogens is 1. The van der Waals surface area contributed by atoms with Gasteiger partial charge in [0.15, 0.2) is 0 Å². The summed E-state index contributed by atoms with van der Waals surface area (Å²) in [5.41, 5.74) is 2.21. The van der Waals surface area contributed by atoms with E-state index in [0.717, 1.165) is 65.1 Å². The summed E-state index contributed by atoms with van der Waals surface area (Å²) in [4.78, 5) is 19.5. The highest BCUT2D eigenvalue weighted by molar-refractivity contribution is 9.10. The summed E-state index contributed by atoms with van der Waals surface area (Å²) in [5.74, 6) is 1.52. The van der Waals surface area contributed by atoms with Crippen molar-refractivity contribution in [2.45, 2.75) is 37.6 Å². The van der Waals surface area contributed by atoms with E-state index in [4.69, 9.17) is 9.72 Å². The third-order valence-corrected chi connectivity index (χ3v) is 5.34. The number of hydrogen-bond donors (Lipinski definition) is 3. The minimum absolute atomic E-state index is 0.567. The fraction of sp³-hybridized carbons (Fsp3) is 0.412. The van der Waals surface area contributed by atoms with Crippen molar-refractivity contribution in [3.63, 3.8) is 0 Å². The largest absolute Gasteiger partial charge is 0.492 e. The number of H-pyrrole nitrogens is 1. The molecule has 1 aromatic heterocycles. The molecular formula is C17H18BrN3O3. The molecule has 24 heavy (non-hydrogen) atoms. The molecular weight excluding hydrogens is 374 g/mol. The Hall–Kier alpha value is -2.02. The lowest BCUT2D eigenvalue weighted by atomic mass is 9.97. The molecule has 0 radical (unpaired) electrons. The van der Waals surface area contributed by atoms with Crippen LogP contribution in [0.15, 0.2) is 22.7 Å². The summed E-state index contributed by atoms with van der Waals surface area (Å²) in [7, 11) is 0. The number of benzene rings is 1. The minimum Gasteiger partial charge on any atom is -0.492 e. The van der Waals surface area contributed by atoms with E-state index >= 15 is 0 Å². The highest BCUT2D eigenvalue weighted by Crippen LogP contribution is 2.41. The molecule has 0 unspecified atom stereocenters. The maximum atomic E-state index is 11.3. The van der Waals surface area contributed by atoms with Gasteiger partial charge < -0.3 is 20.1 Å². The number of nitrogens with zero attached hydrogens (tertiary/aromatic N) is 1. The van der Waals surface area contributed by atoms with Gasteiger partial charge in [0.2, 0.25) is 0 Å². The van der Waals surface area contributed by atoms with Crippen LogP contribution in [0.25, 0.3) is 11.3 Å². The predicted molar refractivity (Wildman–Crippen MR) is 92.2 cm³/mol. The second-order valence-electron chi connectivity index (χ2n) is 6.37. The molecule has 7 heteroatoms. The van der Waals surface area contributed by atoms with E-state index in [1.54, 1.807) is 0 Å². The lowest BCUT2D eigenvalue weighted by Crippen LogP contribution is -2.44. The molecule has 0 bridgehead atoms. The van der Waals surface area contributed by atoms with Gasteiger partial charge >= 0.3 is 6.09 Å². The number of carbonyl (C=O) groups is 1. The van der Waals surface area contributed by atoms with Gasteiger partial charge in [-0.15, -0.1) is 0 Å². The first kappa shape index (κ1) is 15.5. The van der Waals surface area contributed by atoms with E-state index in [9.17, 15) is 9.90 Å². The van der Waals surface area contributed by atoms with Crippen LogP contribution in [-0.2, 0) is 12.0 Å². The molecule has 1 aromatic carbocycles. The van der Waals surface area contributed by atoms with Crippen molar-refractivity contribution >= 4 is 22.0 Å². The standard InChI is InChI=1S/C17H18BrN3O3/c18-10-3-4-11-13(9-10)24-8-5-12-14(11)20-15(19-12)17(21-16(22)23)6-1-2-7-17/h3-4,9,21H,1-2,5-8H2,(H,19,20)(H,22,23). The molecule has 1 fully saturated rings. The summed E-state index contributed by atoms with van der Waals surface area (Å²) < 4.78 is 6.78. The molecule has 0 spiro atoms. The quantitative estimate of drug-likeness (QED) is 0.726. The van der Waals surface area contributed by atoms with Crippen molar-refractivity contribution in [2.75, 3.05) is 6.61 Å². The zero-order valence-electron chi connectivity index (χ0n) is 13.1. The molecule has 0 atom stereocenters. The molecule has 3 N–H and O–H groups in total. The van der Waals surface area contributed by atoms with Crippen molar-refractivity contribution in [1.29, 1.82) is 0 Å². The van der Waals surface area contributed by atoms with E-state index in [1.165, 1.54) is 0 Å². The Labute approximate surface area is 147 Å². The number of aromatic nitrogens is 2. The van der Waals surface area contributed by atoms with Crippen molar-refractivity contribution in [3.8, 4) is 17.0 Å². The molecule has 2 aromatic rings. The number of ether oxygens (including phenoxy) is 1. The molecule has 6 nitrogen and oxygen atoms in total. The monoisotopic (exact) mass is 391 g/mol. The molecule has 126 valence electrons. The van der Waals surface area contributed by atoms with Crippen LogP contribution in [0.5, 0.6) is 5.75 Å². The van der Waals surface area contributed by atoms with Gasteiger partial charge in [0, 0.05) is 22.2 Å². The minimum atomic E-state index is -1.00. The number of amides is 1. The second-order valence-corrected chi connectivity index (χ2v) is 7.29. The summed E-state index contributed by atoms with van der Waals surface area (Å²) >= 11 is 3.47. The van der Waals surface area contributed by atoms with Crippen LogP contribution < -0.4 is 10.1 Å². The lowest BCUT2D eigenvalue weighted by Gasteiger charge is -2.26. The van der Waals surface area contributed by atoms with Crippen molar-refractivity contribution in [1.82, 2.24) is 15.3 Å². The fourth-order valence-electron chi connectivity index (χ4n) is 3.72. The van der Waals surface area contributed by atoms with Crippen molar-refractivity contribution < 1.29 is 14.6 Å². The highest BCUT2D eigenvalue weighted by Gasteiger charge is 2.40. The van der Waals surface area contributed by atoms with Crippen LogP contribution >= 0.6 is 15.9 Å². The number of aromatic amines is 1. The Morgan fingerprint density at radius 3 is 2.92 bits per heavy atom. The molecule has 4 rings (SSSR count). The normalized spacial score (nSPS) is 18.2. The summed E-state index contributed by atoms with van der Waals surface area (Å²) in [5, 5.41) is 12.0. The van der Waals surface area contributed by atoms with Gasteiger partial charge in [-0.05, 0) is 31.0 Å². The van der Waals surface area contributed by atoms with Crippen LogP contribution in [0.3, 0.4) is 0 Å². The van der Waals surface area contributed by atoms with Gasteiger partial charge in [-0.1, -0.05) is 28.8 Å². The number of carboxylic acid groups (broad SMARTS) is 1. The first-order valence-corrected chi connectivity index (χ1v) is 8.90. The number of nitrogens with one attached hydrogen (secondary N) is 2. The molecule has 1 amide bonds. The van der Waals surface area contributed by atoms with E-state index in [0.29, 0.717) is 6.61 Å². The van der Waals surface area contributed by atoms with Gasteiger partial charge in [0.1, 0.15) is 17.1 Å². The number of rotatable bonds is 2. The van der Waals surface area contributed by atoms with Crippen molar-refractivity contribution in [2.24, 2.45) is 0 Å². The predicted octanol–water partition coefficient (Wildman–Crippen LogP) is 3.81. The number of fused-ring (bicyclic) bond motifs is 3. The Balaban J connectivity index is 1.81. The molecule has 1 aliphatic carbocycles. The van der Waals surface area contributed by atoms with Crippen molar-refractivity contribution in [3.05, 3.63) is 34.2 Å². The van der Waals surface area contributed by atoms with E-state index in [1.807, 2.05) is 18.2 Å². The Morgan fingerprint density at radius 1 is 1.38 bits per heavy atom. The molecule has 1 saturated carbocycles. The summed E-state index contributed by atoms with van der Waals surface area (Å²) in [6, 6.07) is 5.90. The van der Waals surface area contributed by atoms with Gasteiger partial charge in [0.25, 0.3) is 0 Å². The van der Waals surface area contributed by atoms with Crippen LogP contribution in [0.1, 0.15) is 37.2 Å². The SMILES string of the molecule is O=C(O)NC1(c2nc3c([nH]2)CCOc2cc(Br)ccc2-3)CCCC1. The zero-order valence-corrected chi connectivity index (χ0v) is 14.6. The Kier molecular flexibility index (Phi) is 3.75. The molecule has 1 aliphatic heterocycles. The van der Waals surface area contributed by atoms with E-state index < -0.39 is 11.6 Å². The maximum absolute atomic E-state index is 11.3. The summed E-state index contributed by atoms with van der Waals surface area (Å²) in [6.07, 6.45) is 3.26. The third-order valence-electron chi connectivity index (χ3n) is 4.84. The van der Waals surface area contributed by atoms with Gasteiger partial charge in [-0.25, -0.2) is 9.78 Å². The topological polar surface area (TPSA) is 87.2 Å². The summed E-state index contributed by atoms with van der Waals surface area (Å²) in [6.45, 7) is 0.567. The Bertz CT molecular complexity index is 796. The van der Waals surface area contributed by atoms with Crippen LogP contribution in [-0.4, -0.2) is 27.8 Å². The highest BCUT2D eigenvalue weighted by atomic mass is 79.9. The van der Waals surface area contributed by atoms with E-state index in [-0.39, 0.29) is 0 Å². The van der Waals surface area contributed by atoms with Gasteiger partial charge in [-0.2, -0.15) is 0 Å². The first-order chi connectivity index (χ1) is 11.6. The van der Waals surface area contributed by atoms with Crippen LogP contribution in [0.4, 0.5) is 4.79 Å². The lowest BCUT2D eigenvalue weighted by molar-refractivity contribution is 0.175.